The molecule has 0 fully saturated rings. The first-order chi connectivity index (χ1) is 22.7. The van der Waals surface area contributed by atoms with Crippen LogP contribution in [0.25, 0.3) is 0 Å². The van der Waals surface area contributed by atoms with E-state index in [9.17, 15) is 28.8 Å². The zero-order chi connectivity index (χ0) is 35.7. The van der Waals surface area contributed by atoms with Gasteiger partial charge in [0, 0.05) is 12.8 Å². The number of carbonyl (C=O) groups excluding carboxylic acids is 6. The predicted molar refractivity (Wildman–Crippen MR) is 177 cm³/mol. The van der Waals surface area contributed by atoms with Crippen LogP contribution in [0.4, 0.5) is 4.79 Å². The van der Waals surface area contributed by atoms with E-state index in [2.05, 4.69) is 16.0 Å². The highest BCUT2D eigenvalue weighted by atomic mass is 16.6. The van der Waals surface area contributed by atoms with E-state index in [1.165, 1.54) is 0 Å². The molecule has 0 spiro atoms. The highest BCUT2D eigenvalue weighted by molar-refractivity contribution is 5.94. The van der Waals surface area contributed by atoms with Crippen molar-refractivity contribution in [2.24, 2.45) is 11.7 Å². The summed E-state index contributed by atoms with van der Waals surface area (Å²) in [6.45, 7) is 8.68. The molecule has 13 heteroatoms. The summed E-state index contributed by atoms with van der Waals surface area (Å²) in [6.07, 6.45) is -1.16. The lowest BCUT2D eigenvalue weighted by molar-refractivity contribution is -0.146. The maximum atomic E-state index is 13.5. The van der Waals surface area contributed by atoms with Crippen LogP contribution < -0.4 is 21.7 Å². The van der Waals surface area contributed by atoms with Crippen LogP contribution in [0.3, 0.4) is 0 Å². The van der Waals surface area contributed by atoms with Gasteiger partial charge in [-0.1, -0.05) is 80.9 Å². The van der Waals surface area contributed by atoms with Crippen molar-refractivity contribution in [2.45, 2.75) is 104 Å². The minimum atomic E-state index is -1.33. The third-order valence-corrected chi connectivity index (χ3v) is 7.22. The molecular formula is C35H48N4O9. The SMILES string of the molecule is CCC(C)C(NC(=O)OC(C)(C)C)C(=O)NC(CCC(=O)OCc1ccccc1)C(=O)NC(CCC(=O)OCc1ccccc1)C(N)=O. The first kappa shape index (κ1) is 39.2. The molecule has 0 aromatic heterocycles. The number of ether oxygens (including phenoxy) is 3. The minimum Gasteiger partial charge on any atom is -0.461 e. The summed E-state index contributed by atoms with van der Waals surface area (Å²) < 4.78 is 15.9. The number of primary amides is 1. The second kappa shape index (κ2) is 19.7. The zero-order valence-electron chi connectivity index (χ0n) is 28.3. The van der Waals surface area contributed by atoms with Crippen molar-refractivity contribution in [1.29, 1.82) is 0 Å². The Morgan fingerprint density at radius 1 is 0.708 bits per heavy atom. The molecule has 0 bridgehead atoms. The molecule has 0 saturated heterocycles. The topological polar surface area (TPSA) is 192 Å². The van der Waals surface area contributed by atoms with Crippen LogP contribution in [0.5, 0.6) is 0 Å². The van der Waals surface area contributed by atoms with Crippen LogP contribution >= 0.6 is 0 Å². The third kappa shape index (κ3) is 15.1. The van der Waals surface area contributed by atoms with Gasteiger partial charge in [0.05, 0.1) is 0 Å². The predicted octanol–water partition coefficient (Wildman–Crippen LogP) is 3.43. The van der Waals surface area contributed by atoms with E-state index >= 15 is 0 Å². The molecule has 4 atom stereocenters. The molecule has 262 valence electrons. The van der Waals surface area contributed by atoms with Gasteiger partial charge in [0.2, 0.25) is 17.7 Å². The molecule has 0 aliphatic rings. The van der Waals surface area contributed by atoms with E-state index in [1.807, 2.05) is 19.1 Å². The van der Waals surface area contributed by atoms with Gasteiger partial charge in [-0.25, -0.2) is 4.79 Å². The molecule has 0 heterocycles. The number of rotatable bonds is 18. The molecule has 0 radical (unpaired) electrons. The van der Waals surface area contributed by atoms with E-state index < -0.39 is 59.5 Å². The van der Waals surface area contributed by atoms with E-state index in [-0.39, 0.29) is 44.8 Å². The van der Waals surface area contributed by atoms with Crippen molar-refractivity contribution in [3.8, 4) is 0 Å². The normalized spacial score (nSPS) is 13.5. The molecule has 4 amide bonds. The van der Waals surface area contributed by atoms with Crippen LogP contribution in [0.1, 0.15) is 77.8 Å². The second-order valence-electron chi connectivity index (χ2n) is 12.4. The van der Waals surface area contributed by atoms with Crippen LogP contribution in [0.15, 0.2) is 60.7 Å². The summed E-state index contributed by atoms with van der Waals surface area (Å²) in [6, 6.07) is 14.3. The van der Waals surface area contributed by atoms with E-state index in [0.717, 1.165) is 11.1 Å². The van der Waals surface area contributed by atoms with Gasteiger partial charge in [-0.2, -0.15) is 0 Å². The standard InChI is InChI=1S/C35H48N4O9/c1-6-23(2)30(39-34(45)48-35(3,4)5)33(44)38-27(18-20-29(41)47-22-25-15-11-8-12-16-25)32(43)37-26(31(36)42)17-19-28(40)46-21-24-13-9-7-10-14-24/h7-16,23,26-27,30H,6,17-22H2,1-5H3,(H2,36,42)(H,37,43)(H,38,44)(H,39,45). The third-order valence-electron chi connectivity index (χ3n) is 7.22. The van der Waals surface area contributed by atoms with Crippen molar-refractivity contribution in [2.75, 3.05) is 0 Å². The van der Waals surface area contributed by atoms with Gasteiger partial charge in [-0.3, -0.25) is 24.0 Å². The summed E-state index contributed by atoms with van der Waals surface area (Å²) in [4.78, 5) is 76.8. The molecular weight excluding hydrogens is 620 g/mol. The quantitative estimate of drug-likeness (QED) is 0.136. The Bertz CT molecular complexity index is 1360. The Morgan fingerprint density at radius 3 is 1.60 bits per heavy atom. The second-order valence-corrected chi connectivity index (χ2v) is 12.4. The zero-order valence-corrected chi connectivity index (χ0v) is 28.3. The summed E-state index contributed by atoms with van der Waals surface area (Å²) in [5.74, 6) is -4.01. The summed E-state index contributed by atoms with van der Waals surface area (Å²) in [5, 5.41) is 7.66. The lowest BCUT2D eigenvalue weighted by atomic mass is 9.97. The fraction of sp³-hybridized carbons (Fsp3) is 0.486. The fourth-order valence-corrected chi connectivity index (χ4v) is 4.37. The minimum absolute atomic E-state index is 0.0168. The fourth-order valence-electron chi connectivity index (χ4n) is 4.37. The first-order valence-corrected chi connectivity index (χ1v) is 16.0. The Morgan fingerprint density at radius 2 is 1.17 bits per heavy atom. The van der Waals surface area contributed by atoms with Crippen molar-refractivity contribution in [3.05, 3.63) is 71.8 Å². The molecule has 0 aliphatic carbocycles. The molecule has 2 aromatic rings. The maximum Gasteiger partial charge on any atom is 0.408 e. The molecule has 0 aliphatic heterocycles. The van der Waals surface area contributed by atoms with E-state index in [1.54, 1.807) is 76.2 Å². The Kier molecular flexibility index (Phi) is 16.1. The molecule has 5 N–H and O–H groups in total. The average Bonchev–Trinajstić information content (AvgIpc) is 3.04. The number of benzene rings is 2. The number of amides is 4. The number of nitrogens with one attached hydrogen (secondary N) is 3. The van der Waals surface area contributed by atoms with Gasteiger partial charge in [0.1, 0.15) is 36.9 Å². The Balaban J connectivity index is 2.14. The molecule has 2 rings (SSSR count). The van der Waals surface area contributed by atoms with Gasteiger partial charge in [0.25, 0.3) is 0 Å². The smallest absolute Gasteiger partial charge is 0.408 e. The number of esters is 2. The number of hydrogen-bond donors (Lipinski definition) is 4. The summed E-state index contributed by atoms with van der Waals surface area (Å²) >= 11 is 0. The number of hydrogen-bond acceptors (Lipinski definition) is 9. The first-order valence-electron chi connectivity index (χ1n) is 16.0. The van der Waals surface area contributed by atoms with Gasteiger partial charge < -0.3 is 35.9 Å². The van der Waals surface area contributed by atoms with Crippen molar-refractivity contribution in [1.82, 2.24) is 16.0 Å². The van der Waals surface area contributed by atoms with Gasteiger partial charge in [0.15, 0.2) is 0 Å². The van der Waals surface area contributed by atoms with E-state index in [0.29, 0.717) is 6.42 Å². The number of alkyl carbamates (subject to hydrolysis) is 1. The Hall–Kier alpha value is -4.94. The number of nitrogens with two attached hydrogens (primary N) is 1. The molecule has 4 unspecified atom stereocenters. The van der Waals surface area contributed by atoms with Crippen molar-refractivity contribution >= 4 is 35.8 Å². The molecule has 13 nitrogen and oxygen atoms in total. The van der Waals surface area contributed by atoms with E-state index in [4.69, 9.17) is 19.9 Å². The highest BCUT2D eigenvalue weighted by Crippen LogP contribution is 2.13. The Labute approximate surface area is 281 Å². The summed E-state index contributed by atoms with van der Waals surface area (Å²) in [7, 11) is 0. The van der Waals surface area contributed by atoms with Gasteiger partial charge in [-0.05, 0) is 50.7 Å². The monoisotopic (exact) mass is 668 g/mol. The van der Waals surface area contributed by atoms with Crippen LogP contribution in [0, 0.1) is 5.92 Å². The maximum absolute atomic E-state index is 13.5. The van der Waals surface area contributed by atoms with Gasteiger partial charge in [-0.15, -0.1) is 0 Å². The lowest BCUT2D eigenvalue weighted by Gasteiger charge is -2.28. The molecule has 0 saturated carbocycles. The van der Waals surface area contributed by atoms with Crippen LogP contribution in [-0.4, -0.2) is 59.5 Å². The highest BCUT2D eigenvalue weighted by Gasteiger charge is 2.33. The lowest BCUT2D eigenvalue weighted by Crippen LogP contribution is -2.58. The molecule has 48 heavy (non-hydrogen) atoms. The molecule has 2 aromatic carbocycles. The summed E-state index contributed by atoms with van der Waals surface area (Å²) in [5.41, 5.74) is 6.27. The van der Waals surface area contributed by atoms with Crippen molar-refractivity contribution in [3.63, 3.8) is 0 Å². The average molecular weight is 669 g/mol. The van der Waals surface area contributed by atoms with Gasteiger partial charge >= 0.3 is 18.0 Å². The van der Waals surface area contributed by atoms with Crippen LogP contribution in [-0.2, 0) is 51.4 Å². The van der Waals surface area contributed by atoms with Crippen LogP contribution in [0.2, 0.25) is 0 Å². The van der Waals surface area contributed by atoms with Crippen molar-refractivity contribution < 1.29 is 43.0 Å². The number of carbonyl (C=O) groups is 6. The largest absolute Gasteiger partial charge is 0.461 e.